The Balaban J connectivity index is 2.28. The molecule has 0 aliphatic rings. The van der Waals surface area contributed by atoms with Crippen molar-refractivity contribution in [2.75, 3.05) is 11.5 Å². The Bertz CT molecular complexity index is 767. The second-order valence-corrected chi connectivity index (χ2v) is 4.35. The minimum absolute atomic E-state index is 0.361. The lowest BCUT2D eigenvalue weighted by molar-refractivity contribution is 1.23. The summed E-state index contributed by atoms with van der Waals surface area (Å²) in [6, 6.07) is 11.4. The van der Waals surface area contributed by atoms with E-state index in [-0.39, 0.29) is 0 Å². The van der Waals surface area contributed by atoms with Crippen molar-refractivity contribution in [3.8, 4) is 11.3 Å². The number of aromatic nitrogens is 3. The molecular formula is C14H13N5. The molecule has 0 unspecified atom stereocenters. The van der Waals surface area contributed by atoms with E-state index in [0.717, 1.165) is 11.1 Å². The van der Waals surface area contributed by atoms with Crippen molar-refractivity contribution in [2.24, 2.45) is 0 Å². The lowest BCUT2D eigenvalue weighted by Gasteiger charge is -2.08. The first-order valence-electron chi connectivity index (χ1n) is 5.91. The van der Waals surface area contributed by atoms with Gasteiger partial charge >= 0.3 is 0 Å². The van der Waals surface area contributed by atoms with E-state index in [9.17, 15) is 0 Å². The van der Waals surface area contributed by atoms with E-state index in [1.54, 1.807) is 12.1 Å². The molecular weight excluding hydrogens is 238 g/mol. The average molecular weight is 251 g/mol. The van der Waals surface area contributed by atoms with E-state index in [4.69, 9.17) is 11.5 Å². The number of benzene rings is 1. The highest BCUT2D eigenvalue weighted by molar-refractivity contribution is 5.81. The molecule has 3 aromatic rings. The molecule has 5 heteroatoms. The Morgan fingerprint density at radius 2 is 1.68 bits per heavy atom. The van der Waals surface area contributed by atoms with Crippen LogP contribution in [0.2, 0.25) is 0 Å². The van der Waals surface area contributed by atoms with Crippen molar-refractivity contribution < 1.29 is 0 Å². The summed E-state index contributed by atoms with van der Waals surface area (Å²) in [5, 5.41) is 0. The molecule has 2 heterocycles. The molecule has 0 radical (unpaired) electrons. The predicted molar refractivity (Wildman–Crippen MR) is 76.3 cm³/mol. The highest BCUT2D eigenvalue weighted by atomic mass is 15.0. The van der Waals surface area contributed by atoms with Gasteiger partial charge < -0.3 is 11.5 Å². The summed E-state index contributed by atoms with van der Waals surface area (Å²) in [4.78, 5) is 12.9. The smallest absolute Gasteiger partial charge is 0.182 e. The van der Waals surface area contributed by atoms with Crippen molar-refractivity contribution >= 4 is 22.8 Å². The van der Waals surface area contributed by atoms with E-state index in [1.807, 2.05) is 31.2 Å². The van der Waals surface area contributed by atoms with Gasteiger partial charge in [-0.3, -0.25) is 0 Å². The Morgan fingerprint density at radius 1 is 0.895 bits per heavy atom. The van der Waals surface area contributed by atoms with Crippen LogP contribution < -0.4 is 11.5 Å². The summed E-state index contributed by atoms with van der Waals surface area (Å²) >= 11 is 0. The number of nitrogen functional groups attached to an aromatic ring is 2. The Morgan fingerprint density at radius 3 is 2.47 bits per heavy atom. The first-order chi connectivity index (χ1) is 9.15. The molecule has 94 valence electrons. The van der Waals surface area contributed by atoms with Crippen LogP contribution in [0.5, 0.6) is 0 Å². The van der Waals surface area contributed by atoms with Gasteiger partial charge in [0.1, 0.15) is 17.0 Å². The van der Waals surface area contributed by atoms with Gasteiger partial charge in [-0.1, -0.05) is 24.3 Å². The van der Waals surface area contributed by atoms with Crippen molar-refractivity contribution in [1.29, 1.82) is 0 Å². The van der Waals surface area contributed by atoms with Crippen LogP contribution in [-0.4, -0.2) is 15.0 Å². The lowest BCUT2D eigenvalue weighted by Crippen LogP contribution is -2.01. The van der Waals surface area contributed by atoms with Crippen molar-refractivity contribution in [3.05, 3.63) is 42.0 Å². The van der Waals surface area contributed by atoms with Crippen LogP contribution in [0, 0.1) is 6.92 Å². The third-order valence-corrected chi connectivity index (χ3v) is 2.98. The molecule has 0 amide bonds. The Hall–Kier alpha value is -2.69. The van der Waals surface area contributed by atoms with Crippen molar-refractivity contribution in [2.45, 2.75) is 6.92 Å². The standard InChI is InChI=1S/C14H13N5/c1-8-4-2-3-5-9(8)12-13(16)19-14-10(17-12)6-7-11(15)18-14/h2-7H,1H3,(H4,15,16,18,19). The maximum atomic E-state index is 5.98. The largest absolute Gasteiger partial charge is 0.384 e. The number of aryl methyl sites for hydroxylation is 1. The molecule has 0 atom stereocenters. The van der Waals surface area contributed by atoms with Gasteiger partial charge in [0.2, 0.25) is 0 Å². The maximum Gasteiger partial charge on any atom is 0.182 e. The molecule has 0 saturated heterocycles. The second kappa shape index (κ2) is 4.20. The summed E-state index contributed by atoms with van der Waals surface area (Å²) in [7, 11) is 0. The summed E-state index contributed by atoms with van der Waals surface area (Å²) < 4.78 is 0. The summed E-state index contributed by atoms with van der Waals surface area (Å²) in [6.07, 6.45) is 0. The zero-order valence-electron chi connectivity index (χ0n) is 10.5. The second-order valence-electron chi connectivity index (χ2n) is 4.35. The lowest BCUT2D eigenvalue weighted by atomic mass is 10.1. The van der Waals surface area contributed by atoms with Gasteiger partial charge in [0, 0.05) is 5.56 Å². The SMILES string of the molecule is Cc1ccccc1-c1nc2ccc(N)nc2nc1N. The predicted octanol–water partition coefficient (Wildman–Crippen LogP) is 2.16. The summed E-state index contributed by atoms with van der Waals surface area (Å²) in [5.41, 5.74) is 15.5. The van der Waals surface area contributed by atoms with Crippen molar-refractivity contribution in [3.63, 3.8) is 0 Å². The number of hydrogen-bond donors (Lipinski definition) is 2. The zero-order chi connectivity index (χ0) is 13.4. The van der Waals surface area contributed by atoms with Crippen LogP contribution in [0.1, 0.15) is 5.56 Å². The van der Waals surface area contributed by atoms with E-state index in [2.05, 4.69) is 15.0 Å². The molecule has 2 aromatic heterocycles. The van der Waals surface area contributed by atoms with Crippen LogP contribution in [0.3, 0.4) is 0 Å². The van der Waals surface area contributed by atoms with E-state index >= 15 is 0 Å². The third kappa shape index (κ3) is 1.95. The van der Waals surface area contributed by atoms with Gasteiger partial charge in [0.25, 0.3) is 0 Å². The summed E-state index contributed by atoms with van der Waals surface area (Å²) in [6.45, 7) is 2.02. The molecule has 0 fully saturated rings. The third-order valence-electron chi connectivity index (χ3n) is 2.98. The van der Waals surface area contributed by atoms with Crippen molar-refractivity contribution in [1.82, 2.24) is 15.0 Å². The molecule has 0 aliphatic carbocycles. The van der Waals surface area contributed by atoms with Gasteiger partial charge in [-0.15, -0.1) is 0 Å². The fraction of sp³-hybridized carbons (Fsp3) is 0.0714. The van der Waals surface area contributed by atoms with Gasteiger partial charge in [0.15, 0.2) is 11.5 Å². The van der Waals surface area contributed by atoms with Gasteiger partial charge in [-0.25, -0.2) is 15.0 Å². The van der Waals surface area contributed by atoms with E-state index < -0.39 is 0 Å². The monoisotopic (exact) mass is 251 g/mol. The minimum atomic E-state index is 0.361. The van der Waals surface area contributed by atoms with Crippen LogP contribution >= 0.6 is 0 Å². The van der Waals surface area contributed by atoms with Crippen LogP contribution in [-0.2, 0) is 0 Å². The fourth-order valence-corrected chi connectivity index (χ4v) is 2.01. The average Bonchev–Trinajstić information content (AvgIpc) is 2.39. The fourth-order valence-electron chi connectivity index (χ4n) is 2.01. The first-order valence-corrected chi connectivity index (χ1v) is 5.91. The molecule has 0 saturated carbocycles. The molecule has 1 aromatic carbocycles. The van der Waals surface area contributed by atoms with Crippen LogP contribution in [0.15, 0.2) is 36.4 Å². The number of fused-ring (bicyclic) bond motifs is 1. The number of pyridine rings is 1. The number of rotatable bonds is 1. The first kappa shape index (κ1) is 11.4. The normalized spacial score (nSPS) is 10.8. The molecule has 19 heavy (non-hydrogen) atoms. The van der Waals surface area contributed by atoms with Gasteiger partial charge in [0.05, 0.1) is 0 Å². The molecule has 0 spiro atoms. The number of nitrogens with two attached hydrogens (primary N) is 2. The molecule has 4 N–H and O–H groups in total. The molecule has 0 bridgehead atoms. The number of hydrogen-bond acceptors (Lipinski definition) is 5. The highest BCUT2D eigenvalue weighted by Crippen LogP contribution is 2.27. The van der Waals surface area contributed by atoms with Crippen LogP contribution in [0.25, 0.3) is 22.4 Å². The van der Waals surface area contributed by atoms with Gasteiger partial charge in [-0.05, 0) is 24.6 Å². The highest BCUT2D eigenvalue weighted by Gasteiger charge is 2.11. The van der Waals surface area contributed by atoms with E-state index in [0.29, 0.717) is 28.5 Å². The maximum absolute atomic E-state index is 5.98. The van der Waals surface area contributed by atoms with Gasteiger partial charge in [-0.2, -0.15) is 0 Å². The Labute approximate surface area is 110 Å². The quantitative estimate of drug-likeness (QED) is 0.691. The van der Waals surface area contributed by atoms with Crippen LogP contribution in [0.4, 0.5) is 11.6 Å². The minimum Gasteiger partial charge on any atom is -0.384 e. The van der Waals surface area contributed by atoms with E-state index in [1.165, 1.54) is 0 Å². The number of anilines is 2. The Kier molecular flexibility index (Phi) is 2.52. The zero-order valence-corrected chi connectivity index (χ0v) is 10.5. The molecule has 5 nitrogen and oxygen atoms in total. The topological polar surface area (TPSA) is 90.7 Å². The summed E-state index contributed by atoms with van der Waals surface area (Å²) in [5.74, 6) is 0.768. The molecule has 3 rings (SSSR count). The number of nitrogens with zero attached hydrogens (tertiary/aromatic N) is 3. The molecule has 0 aliphatic heterocycles.